The van der Waals surface area contributed by atoms with E-state index in [1.165, 1.54) is 11.1 Å². The average Bonchev–Trinajstić information content (AvgIpc) is 2.25. The van der Waals surface area contributed by atoms with Crippen molar-refractivity contribution in [1.29, 1.82) is 0 Å². The minimum absolute atomic E-state index is 0.0424. The highest BCUT2D eigenvalue weighted by Gasteiger charge is 2.19. The van der Waals surface area contributed by atoms with Gasteiger partial charge in [0.2, 0.25) is 0 Å². The maximum Gasteiger partial charge on any atom is 0.123 e. The first-order valence-corrected chi connectivity index (χ1v) is 6.94. The summed E-state index contributed by atoms with van der Waals surface area (Å²) in [5.41, 5.74) is 2.45. The molecule has 0 aliphatic carbocycles. The third-order valence-electron chi connectivity index (χ3n) is 2.55. The van der Waals surface area contributed by atoms with Crippen molar-refractivity contribution in [3.05, 3.63) is 29.3 Å². The van der Waals surface area contributed by atoms with Crippen LogP contribution in [0.2, 0.25) is 0 Å². The lowest BCUT2D eigenvalue weighted by molar-refractivity contribution is 0.126. The van der Waals surface area contributed by atoms with Crippen molar-refractivity contribution in [1.82, 2.24) is 0 Å². The van der Waals surface area contributed by atoms with Gasteiger partial charge in [-0.1, -0.05) is 54.4 Å². The van der Waals surface area contributed by atoms with E-state index in [1.54, 1.807) is 0 Å². The van der Waals surface area contributed by atoms with Crippen LogP contribution in [0, 0.1) is 6.92 Å². The molecule has 17 heavy (non-hydrogen) atoms. The van der Waals surface area contributed by atoms with Gasteiger partial charge < -0.3 is 9.84 Å². The van der Waals surface area contributed by atoms with Crippen LogP contribution in [0.15, 0.2) is 18.2 Å². The van der Waals surface area contributed by atoms with Gasteiger partial charge in [0, 0.05) is 5.33 Å². The molecule has 0 amide bonds. The number of aliphatic hydroxyl groups excluding tert-OH is 1. The maximum absolute atomic E-state index is 9.50. The van der Waals surface area contributed by atoms with Gasteiger partial charge in [-0.2, -0.15) is 0 Å². The van der Waals surface area contributed by atoms with E-state index in [0.29, 0.717) is 11.9 Å². The van der Waals surface area contributed by atoms with Gasteiger partial charge in [0.1, 0.15) is 12.4 Å². The minimum atomic E-state index is -0.468. The van der Waals surface area contributed by atoms with E-state index in [2.05, 4.69) is 49.7 Å². The Morgan fingerprint density at radius 3 is 2.53 bits per heavy atom. The van der Waals surface area contributed by atoms with Gasteiger partial charge in [-0.05, 0) is 24.0 Å². The van der Waals surface area contributed by atoms with Crippen LogP contribution in [0.3, 0.4) is 0 Å². The molecule has 0 saturated heterocycles. The first-order chi connectivity index (χ1) is 7.84. The lowest BCUT2D eigenvalue weighted by Crippen LogP contribution is -2.21. The van der Waals surface area contributed by atoms with Gasteiger partial charge in [-0.3, -0.25) is 0 Å². The normalized spacial score (nSPS) is 13.5. The first-order valence-electron chi connectivity index (χ1n) is 5.82. The van der Waals surface area contributed by atoms with E-state index in [4.69, 9.17) is 4.74 Å². The van der Waals surface area contributed by atoms with Crippen molar-refractivity contribution in [2.45, 2.75) is 39.2 Å². The second-order valence-electron chi connectivity index (χ2n) is 5.37. The van der Waals surface area contributed by atoms with Crippen molar-refractivity contribution in [3.63, 3.8) is 0 Å². The number of rotatable bonds is 4. The number of hydrogen-bond donors (Lipinski definition) is 1. The van der Waals surface area contributed by atoms with Gasteiger partial charge in [-0.25, -0.2) is 0 Å². The summed E-state index contributed by atoms with van der Waals surface area (Å²) in [7, 11) is 0. The Labute approximate surface area is 112 Å². The summed E-state index contributed by atoms with van der Waals surface area (Å²) in [6.45, 7) is 8.88. The lowest BCUT2D eigenvalue weighted by atomic mass is 9.85. The molecule has 2 nitrogen and oxygen atoms in total. The van der Waals surface area contributed by atoms with Crippen LogP contribution in [-0.4, -0.2) is 23.1 Å². The fraction of sp³-hybridized carbons (Fsp3) is 0.571. The number of alkyl halides is 1. The molecule has 1 aromatic rings. The van der Waals surface area contributed by atoms with Crippen LogP contribution in [0.4, 0.5) is 0 Å². The van der Waals surface area contributed by atoms with Crippen LogP contribution in [0.5, 0.6) is 5.75 Å². The summed E-state index contributed by atoms with van der Waals surface area (Å²) in [5, 5.41) is 10.0. The fourth-order valence-corrected chi connectivity index (χ4v) is 1.77. The molecule has 0 aromatic heterocycles. The van der Waals surface area contributed by atoms with Gasteiger partial charge in [0.15, 0.2) is 0 Å². The Morgan fingerprint density at radius 1 is 1.35 bits per heavy atom. The van der Waals surface area contributed by atoms with Gasteiger partial charge in [0.05, 0.1) is 6.10 Å². The molecule has 0 spiro atoms. The van der Waals surface area contributed by atoms with E-state index < -0.39 is 6.10 Å². The maximum atomic E-state index is 9.50. The quantitative estimate of drug-likeness (QED) is 0.863. The molecule has 1 unspecified atom stereocenters. The average molecular weight is 301 g/mol. The molecule has 1 aromatic carbocycles. The fourth-order valence-electron chi connectivity index (χ4n) is 1.59. The third-order valence-corrected chi connectivity index (χ3v) is 3.30. The summed E-state index contributed by atoms with van der Waals surface area (Å²) in [6, 6.07) is 6.16. The van der Waals surface area contributed by atoms with Crippen LogP contribution in [-0.2, 0) is 5.41 Å². The van der Waals surface area contributed by atoms with Crippen LogP contribution in [0.25, 0.3) is 0 Å². The largest absolute Gasteiger partial charge is 0.491 e. The highest BCUT2D eigenvalue weighted by atomic mass is 79.9. The van der Waals surface area contributed by atoms with Crippen LogP contribution >= 0.6 is 15.9 Å². The van der Waals surface area contributed by atoms with E-state index in [1.807, 2.05) is 12.1 Å². The topological polar surface area (TPSA) is 29.5 Å². The van der Waals surface area contributed by atoms with Crippen LogP contribution in [0.1, 0.15) is 31.9 Å². The molecule has 1 rings (SSSR count). The molecule has 1 N–H and O–H groups in total. The Morgan fingerprint density at radius 2 is 2.00 bits per heavy atom. The molecule has 1 atom stereocenters. The van der Waals surface area contributed by atoms with Crippen molar-refractivity contribution in [2.75, 3.05) is 11.9 Å². The van der Waals surface area contributed by atoms with Crippen molar-refractivity contribution < 1.29 is 9.84 Å². The zero-order valence-corrected chi connectivity index (χ0v) is 12.5. The molecule has 0 heterocycles. The zero-order chi connectivity index (χ0) is 13.1. The molecule has 0 aliphatic heterocycles. The monoisotopic (exact) mass is 300 g/mol. The Kier molecular flexibility index (Phi) is 5.02. The summed E-state index contributed by atoms with van der Waals surface area (Å²) in [5.74, 6) is 0.864. The number of aryl methyl sites for hydroxylation is 1. The Bertz CT molecular complexity index is 369. The van der Waals surface area contributed by atoms with Crippen molar-refractivity contribution in [3.8, 4) is 5.75 Å². The second kappa shape index (κ2) is 5.87. The van der Waals surface area contributed by atoms with Crippen molar-refractivity contribution in [2.24, 2.45) is 0 Å². The third kappa shape index (κ3) is 4.32. The van der Waals surface area contributed by atoms with Gasteiger partial charge >= 0.3 is 0 Å². The molecule has 0 aliphatic rings. The molecule has 0 fully saturated rings. The predicted molar refractivity (Wildman–Crippen MR) is 75.2 cm³/mol. The van der Waals surface area contributed by atoms with Gasteiger partial charge in [-0.15, -0.1) is 0 Å². The van der Waals surface area contributed by atoms with Crippen LogP contribution < -0.4 is 4.74 Å². The molecule has 3 heteroatoms. The molecule has 0 radical (unpaired) electrons. The SMILES string of the molecule is Cc1ccc(OCC(O)CBr)c(C(C)(C)C)c1. The number of ether oxygens (including phenoxy) is 1. The van der Waals surface area contributed by atoms with E-state index in [9.17, 15) is 5.11 Å². The highest BCUT2D eigenvalue weighted by Crippen LogP contribution is 2.32. The molecule has 0 bridgehead atoms. The Hall–Kier alpha value is -0.540. The molecular weight excluding hydrogens is 280 g/mol. The molecule has 0 saturated carbocycles. The van der Waals surface area contributed by atoms with Crippen molar-refractivity contribution >= 4 is 15.9 Å². The molecule has 96 valence electrons. The zero-order valence-electron chi connectivity index (χ0n) is 11.0. The molecular formula is C14H21BrO2. The number of hydrogen-bond acceptors (Lipinski definition) is 2. The second-order valence-corrected chi connectivity index (χ2v) is 6.02. The number of aliphatic hydroxyl groups is 1. The standard InChI is InChI=1S/C14H21BrO2/c1-10-5-6-13(17-9-11(16)8-15)12(7-10)14(2,3)4/h5-7,11,16H,8-9H2,1-4H3. The van der Waals surface area contributed by atoms with E-state index >= 15 is 0 Å². The highest BCUT2D eigenvalue weighted by molar-refractivity contribution is 9.09. The first kappa shape index (κ1) is 14.5. The minimum Gasteiger partial charge on any atom is -0.491 e. The number of halogens is 1. The smallest absolute Gasteiger partial charge is 0.123 e. The predicted octanol–water partition coefficient (Wildman–Crippen LogP) is 3.43. The van der Waals surface area contributed by atoms with E-state index in [0.717, 1.165) is 5.75 Å². The summed E-state index contributed by atoms with van der Waals surface area (Å²) in [6.07, 6.45) is -0.468. The Balaban J connectivity index is 2.91. The summed E-state index contributed by atoms with van der Waals surface area (Å²) < 4.78 is 5.69. The summed E-state index contributed by atoms with van der Waals surface area (Å²) in [4.78, 5) is 0. The summed E-state index contributed by atoms with van der Waals surface area (Å²) >= 11 is 3.23. The van der Waals surface area contributed by atoms with Gasteiger partial charge in [0.25, 0.3) is 0 Å². The van der Waals surface area contributed by atoms with E-state index in [-0.39, 0.29) is 5.41 Å². The number of benzene rings is 1. The lowest BCUT2D eigenvalue weighted by Gasteiger charge is -2.24.